The average Bonchev–Trinajstić information content (AvgIpc) is 3.62. The van der Waals surface area contributed by atoms with Crippen LogP contribution in [0, 0.1) is 0 Å². The highest BCUT2D eigenvalue weighted by Crippen LogP contribution is 2.32. The van der Waals surface area contributed by atoms with E-state index in [-0.39, 0.29) is 0 Å². The molecule has 0 aliphatic rings. The predicted octanol–water partition coefficient (Wildman–Crippen LogP) is 13.4. The lowest BCUT2D eigenvalue weighted by molar-refractivity contribution is 0.602. The first-order chi connectivity index (χ1) is 23.7. The van der Waals surface area contributed by atoms with Gasteiger partial charge >= 0.3 is 0 Å². The van der Waals surface area contributed by atoms with Gasteiger partial charge < -0.3 is 9.13 Å². The molecule has 5 aromatic carbocycles. The second-order valence-electron chi connectivity index (χ2n) is 13.3. The van der Waals surface area contributed by atoms with E-state index in [0.29, 0.717) is 0 Å². The van der Waals surface area contributed by atoms with E-state index < -0.39 is 0 Å². The summed E-state index contributed by atoms with van der Waals surface area (Å²) >= 11 is 0. The molecule has 0 unspecified atom stereocenters. The molecule has 242 valence electrons. The molecule has 2 aromatic heterocycles. The van der Waals surface area contributed by atoms with Gasteiger partial charge in [0.1, 0.15) is 0 Å². The summed E-state index contributed by atoms with van der Waals surface area (Å²) < 4.78 is 5.06. The van der Waals surface area contributed by atoms with Gasteiger partial charge in [-0.3, -0.25) is 0 Å². The van der Waals surface area contributed by atoms with Crippen LogP contribution in [-0.4, -0.2) is 9.13 Å². The van der Waals surface area contributed by atoms with E-state index in [4.69, 9.17) is 0 Å². The summed E-state index contributed by atoms with van der Waals surface area (Å²) in [6.07, 6.45) is 19.1. The van der Waals surface area contributed by atoms with Crippen molar-refractivity contribution in [2.24, 2.45) is 0 Å². The third-order valence-electron chi connectivity index (χ3n) is 9.94. The molecular formula is C46H48N2. The Balaban J connectivity index is 1.08. The third kappa shape index (κ3) is 6.76. The summed E-state index contributed by atoms with van der Waals surface area (Å²) in [5.74, 6) is 0. The minimum absolute atomic E-state index is 1.07. The molecule has 0 bridgehead atoms. The highest BCUT2D eigenvalue weighted by Gasteiger charge is 2.12. The van der Waals surface area contributed by atoms with E-state index in [2.05, 4.69) is 156 Å². The number of aromatic nitrogens is 2. The van der Waals surface area contributed by atoms with E-state index in [0.717, 1.165) is 13.1 Å². The average molecular weight is 629 g/mol. The molecule has 2 heterocycles. The highest BCUT2D eigenvalue weighted by atomic mass is 15.0. The van der Waals surface area contributed by atoms with Gasteiger partial charge in [0.2, 0.25) is 0 Å². The fourth-order valence-corrected chi connectivity index (χ4v) is 7.32. The summed E-state index contributed by atoms with van der Waals surface area (Å²) in [7, 11) is 0. The minimum Gasteiger partial charge on any atom is -0.340 e. The Labute approximate surface area is 286 Å². The second kappa shape index (κ2) is 14.9. The fraction of sp³-hybridized carbons (Fsp3) is 0.261. The van der Waals surface area contributed by atoms with Crippen molar-refractivity contribution >= 4 is 67.9 Å². The molecule has 48 heavy (non-hydrogen) atoms. The normalized spacial score (nSPS) is 12.2. The first-order valence-corrected chi connectivity index (χ1v) is 18.2. The van der Waals surface area contributed by atoms with Crippen molar-refractivity contribution in [2.45, 2.75) is 78.3 Å². The smallest absolute Gasteiger partial charge is 0.0497 e. The molecule has 0 fully saturated rings. The molecule has 0 aliphatic carbocycles. The molecule has 0 saturated heterocycles. The van der Waals surface area contributed by atoms with Crippen LogP contribution in [0.5, 0.6) is 0 Å². The third-order valence-corrected chi connectivity index (χ3v) is 9.94. The van der Waals surface area contributed by atoms with Crippen molar-refractivity contribution in [3.05, 3.63) is 131 Å². The van der Waals surface area contributed by atoms with Crippen LogP contribution in [0.2, 0.25) is 0 Å². The van der Waals surface area contributed by atoms with Crippen LogP contribution in [0.25, 0.3) is 67.9 Å². The lowest BCUT2D eigenvalue weighted by Crippen LogP contribution is -1.97. The van der Waals surface area contributed by atoms with Gasteiger partial charge in [-0.05, 0) is 59.4 Å². The van der Waals surface area contributed by atoms with Crippen LogP contribution >= 0.6 is 0 Å². The van der Waals surface area contributed by atoms with Gasteiger partial charge in [0.05, 0.1) is 0 Å². The van der Waals surface area contributed by atoms with Gasteiger partial charge in [-0.2, -0.15) is 0 Å². The largest absolute Gasteiger partial charge is 0.340 e. The number of nitrogens with zero attached hydrogens (tertiary/aromatic N) is 2. The quantitative estimate of drug-likeness (QED) is 0.0838. The Morgan fingerprint density at radius 2 is 0.750 bits per heavy atom. The van der Waals surface area contributed by atoms with Crippen molar-refractivity contribution in [1.82, 2.24) is 9.13 Å². The highest BCUT2D eigenvalue weighted by molar-refractivity contribution is 6.09. The van der Waals surface area contributed by atoms with E-state index in [1.807, 2.05) is 0 Å². The molecular weight excluding hydrogens is 581 g/mol. The predicted molar refractivity (Wildman–Crippen MR) is 211 cm³/mol. The van der Waals surface area contributed by atoms with Crippen LogP contribution in [0.15, 0.2) is 109 Å². The summed E-state index contributed by atoms with van der Waals surface area (Å²) in [5, 5.41) is 5.41. The molecule has 2 nitrogen and oxygen atoms in total. The number of rotatable bonds is 14. The number of hydrogen-bond donors (Lipinski definition) is 0. The first kappa shape index (κ1) is 31.8. The molecule has 0 atom stereocenters. The van der Waals surface area contributed by atoms with Crippen LogP contribution in [0.4, 0.5) is 0 Å². The monoisotopic (exact) mass is 628 g/mol. The van der Waals surface area contributed by atoms with Crippen molar-refractivity contribution in [3.8, 4) is 0 Å². The molecule has 0 radical (unpaired) electrons. The van der Waals surface area contributed by atoms with Gasteiger partial charge in [0.25, 0.3) is 0 Å². The zero-order valence-corrected chi connectivity index (χ0v) is 28.7. The zero-order chi connectivity index (χ0) is 32.7. The fourth-order valence-electron chi connectivity index (χ4n) is 7.32. The van der Waals surface area contributed by atoms with Crippen molar-refractivity contribution in [1.29, 1.82) is 0 Å². The number of unbranched alkanes of at least 4 members (excludes halogenated alkanes) is 6. The van der Waals surface area contributed by atoms with Crippen LogP contribution in [-0.2, 0) is 13.1 Å². The number of para-hydroxylation sites is 2. The lowest BCUT2D eigenvalue weighted by Gasteiger charge is -2.08. The van der Waals surface area contributed by atoms with E-state index in [9.17, 15) is 0 Å². The summed E-state index contributed by atoms with van der Waals surface area (Å²) in [5.41, 5.74) is 10.3. The minimum atomic E-state index is 1.07. The topological polar surface area (TPSA) is 9.86 Å². The van der Waals surface area contributed by atoms with Crippen molar-refractivity contribution in [2.75, 3.05) is 0 Å². The maximum absolute atomic E-state index is 2.53. The Kier molecular flexibility index (Phi) is 9.89. The van der Waals surface area contributed by atoms with E-state index in [1.165, 1.54) is 117 Å². The van der Waals surface area contributed by atoms with Gasteiger partial charge in [0, 0.05) is 56.7 Å². The Hall–Kier alpha value is -4.82. The maximum atomic E-state index is 2.53. The van der Waals surface area contributed by atoms with Crippen molar-refractivity contribution < 1.29 is 0 Å². The number of benzene rings is 5. The summed E-state index contributed by atoms with van der Waals surface area (Å²) in [4.78, 5) is 0. The van der Waals surface area contributed by atoms with Gasteiger partial charge in [-0.1, -0.05) is 162 Å². The van der Waals surface area contributed by atoms with E-state index in [1.54, 1.807) is 0 Å². The lowest BCUT2D eigenvalue weighted by atomic mass is 10.1. The molecule has 0 aliphatic heterocycles. The van der Waals surface area contributed by atoms with Gasteiger partial charge in [-0.15, -0.1) is 0 Å². The SMILES string of the molecule is CCCCCCn1c2ccccc2c2ccc(/C=C/c3ccc(/C=C/c4ccc5c6ccccc6n(CCCCCC)c5c4)cc3)cc21. The standard InChI is InChI=1S/C46H48N2/c1-3-5-7-13-31-47-43-17-11-9-15-39(43)41-29-27-37(33-45(41)47)25-23-35-19-21-36(22-20-35)24-26-38-28-30-42-40-16-10-12-18-44(40)48(46(42)34-38)32-14-8-6-4-2/h9-12,15-30,33-34H,3-8,13-14,31-32H2,1-2H3/b25-23+,26-24+. The number of fused-ring (bicyclic) bond motifs is 6. The van der Waals surface area contributed by atoms with Crippen LogP contribution in [0.1, 0.15) is 87.5 Å². The molecule has 0 saturated carbocycles. The van der Waals surface area contributed by atoms with Crippen LogP contribution < -0.4 is 0 Å². The Morgan fingerprint density at radius 3 is 1.19 bits per heavy atom. The number of hydrogen-bond acceptors (Lipinski definition) is 0. The van der Waals surface area contributed by atoms with Gasteiger partial charge in [-0.25, -0.2) is 0 Å². The maximum Gasteiger partial charge on any atom is 0.0497 e. The first-order valence-electron chi connectivity index (χ1n) is 18.2. The molecule has 7 aromatic rings. The molecule has 7 rings (SSSR count). The molecule has 0 amide bonds. The Bertz CT molecular complexity index is 2040. The van der Waals surface area contributed by atoms with E-state index >= 15 is 0 Å². The molecule has 2 heteroatoms. The Morgan fingerprint density at radius 1 is 0.375 bits per heavy atom. The second-order valence-corrected chi connectivity index (χ2v) is 13.3. The summed E-state index contributed by atoms with van der Waals surface area (Å²) in [6, 6.07) is 40.4. The van der Waals surface area contributed by atoms with Crippen LogP contribution in [0.3, 0.4) is 0 Å². The summed E-state index contributed by atoms with van der Waals surface area (Å²) in [6.45, 7) is 6.70. The molecule has 0 spiro atoms. The van der Waals surface area contributed by atoms with Gasteiger partial charge in [0.15, 0.2) is 0 Å². The number of aryl methyl sites for hydroxylation is 2. The van der Waals surface area contributed by atoms with Crippen molar-refractivity contribution in [3.63, 3.8) is 0 Å². The zero-order valence-electron chi connectivity index (χ0n) is 28.7. The molecule has 0 N–H and O–H groups in total.